The van der Waals surface area contributed by atoms with Crippen molar-refractivity contribution in [2.45, 2.75) is 32.4 Å². The van der Waals surface area contributed by atoms with Crippen molar-refractivity contribution in [1.29, 1.82) is 0 Å². The SMILES string of the molecule is CCC(=O)N(Cc1cccc(F)c1)C[C@@H]1CC(c2ccc(N(C)C)cc2)=NO1. The maximum atomic E-state index is 13.5. The monoisotopic (exact) mass is 383 g/mol. The number of rotatable bonds is 7. The van der Waals surface area contributed by atoms with Gasteiger partial charge in [-0.1, -0.05) is 36.3 Å². The minimum atomic E-state index is -0.301. The molecule has 0 fully saturated rings. The summed E-state index contributed by atoms with van der Waals surface area (Å²) >= 11 is 0. The Kier molecular flexibility index (Phi) is 6.29. The molecule has 0 aliphatic carbocycles. The number of hydrogen-bond donors (Lipinski definition) is 0. The Labute approximate surface area is 165 Å². The molecule has 0 radical (unpaired) electrons. The van der Waals surface area contributed by atoms with Crippen LogP contribution in [-0.2, 0) is 16.2 Å². The Morgan fingerprint density at radius 3 is 2.61 bits per heavy atom. The number of nitrogens with zero attached hydrogens (tertiary/aromatic N) is 3. The summed E-state index contributed by atoms with van der Waals surface area (Å²) in [5.41, 5.74) is 3.78. The Hall–Kier alpha value is -2.89. The molecule has 2 aromatic rings. The molecule has 1 heterocycles. The number of amides is 1. The van der Waals surface area contributed by atoms with Crippen LogP contribution in [0.5, 0.6) is 0 Å². The quantitative estimate of drug-likeness (QED) is 0.730. The minimum Gasteiger partial charge on any atom is -0.390 e. The van der Waals surface area contributed by atoms with Crippen molar-refractivity contribution in [2.75, 3.05) is 25.5 Å². The number of carbonyl (C=O) groups excluding carboxylic acids is 1. The van der Waals surface area contributed by atoms with Crippen molar-refractivity contribution >= 4 is 17.3 Å². The van der Waals surface area contributed by atoms with Gasteiger partial charge in [0.2, 0.25) is 5.91 Å². The maximum absolute atomic E-state index is 13.5. The van der Waals surface area contributed by atoms with E-state index in [1.54, 1.807) is 11.0 Å². The molecule has 0 aromatic heterocycles. The van der Waals surface area contributed by atoms with Crippen LogP contribution in [0, 0.1) is 5.82 Å². The van der Waals surface area contributed by atoms with E-state index in [4.69, 9.17) is 4.84 Å². The molecule has 0 saturated heterocycles. The van der Waals surface area contributed by atoms with Gasteiger partial charge in [-0.05, 0) is 35.4 Å². The van der Waals surface area contributed by atoms with Gasteiger partial charge in [-0.15, -0.1) is 0 Å². The summed E-state index contributed by atoms with van der Waals surface area (Å²) < 4.78 is 13.5. The van der Waals surface area contributed by atoms with Crippen LogP contribution in [-0.4, -0.2) is 43.3 Å². The lowest BCUT2D eigenvalue weighted by atomic mass is 10.0. The highest BCUT2D eigenvalue weighted by Crippen LogP contribution is 2.21. The molecule has 1 aliphatic heterocycles. The van der Waals surface area contributed by atoms with E-state index in [2.05, 4.69) is 5.16 Å². The molecule has 148 valence electrons. The van der Waals surface area contributed by atoms with Crippen molar-refractivity contribution < 1.29 is 14.0 Å². The molecule has 5 nitrogen and oxygen atoms in total. The third-order valence-electron chi connectivity index (χ3n) is 4.79. The van der Waals surface area contributed by atoms with Gasteiger partial charge in [0.15, 0.2) is 6.10 Å². The van der Waals surface area contributed by atoms with Crippen LogP contribution in [0.3, 0.4) is 0 Å². The fourth-order valence-electron chi connectivity index (χ4n) is 3.23. The van der Waals surface area contributed by atoms with Crippen LogP contribution < -0.4 is 4.90 Å². The zero-order valence-corrected chi connectivity index (χ0v) is 16.6. The van der Waals surface area contributed by atoms with E-state index >= 15 is 0 Å². The molecule has 6 heteroatoms. The Bertz CT molecular complexity index is 849. The molecule has 1 aliphatic rings. The predicted molar refractivity (Wildman–Crippen MR) is 109 cm³/mol. The molecule has 2 aromatic carbocycles. The second-order valence-corrected chi connectivity index (χ2v) is 7.17. The Balaban J connectivity index is 1.64. The topological polar surface area (TPSA) is 45.1 Å². The zero-order valence-electron chi connectivity index (χ0n) is 16.6. The molecule has 3 rings (SSSR count). The second-order valence-electron chi connectivity index (χ2n) is 7.17. The van der Waals surface area contributed by atoms with E-state index < -0.39 is 0 Å². The number of anilines is 1. The van der Waals surface area contributed by atoms with Gasteiger partial charge in [-0.2, -0.15) is 0 Å². The lowest BCUT2D eigenvalue weighted by Crippen LogP contribution is -2.36. The Morgan fingerprint density at radius 1 is 1.21 bits per heavy atom. The summed E-state index contributed by atoms with van der Waals surface area (Å²) in [5, 5.41) is 4.23. The first-order valence-corrected chi connectivity index (χ1v) is 9.49. The first-order chi connectivity index (χ1) is 13.5. The summed E-state index contributed by atoms with van der Waals surface area (Å²) in [6, 6.07) is 14.5. The normalized spacial score (nSPS) is 15.7. The van der Waals surface area contributed by atoms with Gasteiger partial charge in [0.05, 0.1) is 12.3 Å². The summed E-state index contributed by atoms with van der Waals surface area (Å²) in [6.07, 6.45) is 0.826. The summed E-state index contributed by atoms with van der Waals surface area (Å²) in [4.78, 5) is 21.7. The van der Waals surface area contributed by atoms with Gasteiger partial charge in [-0.3, -0.25) is 4.79 Å². The van der Waals surface area contributed by atoms with Crippen LogP contribution in [0.2, 0.25) is 0 Å². The van der Waals surface area contributed by atoms with Crippen molar-refractivity contribution in [1.82, 2.24) is 4.90 Å². The van der Waals surface area contributed by atoms with E-state index in [1.807, 2.05) is 56.3 Å². The average Bonchev–Trinajstić information content (AvgIpc) is 3.15. The molecular formula is C22H26FN3O2. The van der Waals surface area contributed by atoms with Crippen LogP contribution >= 0.6 is 0 Å². The van der Waals surface area contributed by atoms with E-state index in [0.29, 0.717) is 25.9 Å². The summed E-state index contributed by atoms with van der Waals surface area (Å²) in [7, 11) is 4.00. The second kappa shape index (κ2) is 8.87. The zero-order chi connectivity index (χ0) is 20.1. The number of carbonyl (C=O) groups is 1. The maximum Gasteiger partial charge on any atom is 0.222 e. The van der Waals surface area contributed by atoms with Crippen LogP contribution in [0.4, 0.5) is 10.1 Å². The molecule has 0 bridgehead atoms. The molecule has 0 saturated carbocycles. The first-order valence-electron chi connectivity index (χ1n) is 9.49. The van der Waals surface area contributed by atoms with Crippen molar-refractivity contribution in [3.8, 4) is 0 Å². The minimum absolute atomic E-state index is 0.0108. The van der Waals surface area contributed by atoms with Crippen molar-refractivity contribution in [2.24, 2.45) is 5.16 Å². The standard InChI is InChI=1S/C22H26FN3O2/c1-4-22(27)26(14-16-6-5-7-18(23)12-16)15-20-13-21(24-28-20)17-8-10-19(11-9-17)25(2)3/h5-12,20H,4,13-15H2,1-3H3/t20-/m0/s1. The highest BCUT2D eigenvalue weighted by molar-refractivity contribution is 6.01. The largest absolute Gasteiger partial charge is 0.390 e. The van der Waals surface area contributed by atoms with Crippen LogP contribution in [0.25, 0.3) is 0 Å². The molecule has 0 unspecified atom stereocenters. The molecule has 1 atom stereocenters. The van der Waals surface area contributed by atoms with Gasteiger partial charge in [0, 0.05) is 39.2 Å². The third-order valence-corrected chi connectivity index (χ3v) is 4.79. The lowest BCUT2D eigenvalue weighted by molar-refractivity contribution is -0.133. The summed E-state index contributed by atoms with van der Waals surface area (Å²) in [5.74, 6) is -0.290. The Morgan fingerprint density at radius 2 is 1.96 bits per heavy atom. The first kappa shape index (κ1) is 19.9. The molecule has 0 spiro atoms. The lowest BCUT2D eigenvalue weighted by Gasteiger charge is -2.24. The highest BCUT2D eigenvalue weighted by Gasteiger charge is 2.26. The number of halogens is 1. The van der Waals surface area contributed by atoms with Crippen molar-refractivity contribution in [3.63, 3.8) is 0 Å². The third kappa shape index (κ3) is 4.88. The van der Waals surface area contributed by atoms with Gasteiger partial charge in [-0.25, -0.2) is 4.39 Å². The van der Waals surface area contributed by atoms with E-state index in [9.17, 15) is 9.18 Å². The number of oxime groups is 1. The fraction of sp³-hybridized carbons (Fsp3) is 0.364. The van der Waals surface area contributed by atoms with Crippen LogP contribution in [0.15, 0.2) is 53.7 Å². The number of hydrogen-bond acceptors (Lipinski definition) is 4. The van der Waals surface area contributed by atoms with Gasteiger partial charge >= 0.3 is 0 Å². The summed E-state index contributed by atoms with van der Waals surface area (Å²) in [6.45, 7) is 2.60. The van der Waals surface area contributed by atoms with E-state index in [0.717, 1.165) is 22.5 Å². The van der Waals surface area contributed by atoms with Gasteiger partial charge < -0.3 is 14.6 Å². The van der Waals surface area contributed by atoms with Gasteiger partial charge in [0.25, 0.3) is 0 Å². The van der Waals surface area contributed by atoms with Gasteiger partial charge in [0.1, 0.15) is 5.82 Å². The fourth-order valence-corrected chi connectivity index (χ4v) is 3.23. The predicted octanol–water partition coefficient (Wildman–Crippen LogP) is 3.82. The highest BCUT2D eigenvalue weighted by atomic mass is 19.1. The van der Waals surface area contributed by atoms with Crippen LogP contribution in [0.1, 0.15) is 30.9 Å². The molecule has 1 amide bonds. The van der Waals surface area contributed by atoms with E-state index in [1.165, 1.54) is 12.1 Å². The average molecular weight is 383 g/mol. The molecular weight excluding hydrogens is 357 g/mol. The smallest absolute Gasteiger partial charge is 0.222 e. The number of benzene rings is 2. The molecule has 0 N–H and O–H groups in total. The van der Waals surface area contributed by atoms with E-state index in [-0.39, 0.29) is 17.8 Å². The van der Waals surface area contributed by atoms with Crippen molar-refractivity contribution in [3.05, 3.63) is 65.5 Å². The molecule has 28 heavy (non-hydrogen) atoms.